The zero-order chi connectivity index (χ0) is 13.1. The van der Waals surface area contributed by atoms with E-state index in [1.54, 1.807) is 18.5 Å². The molecular weight excluding hydrogens is 251 g/mol. The fraction of sp³-hybridized carbons (Fsp3) is 0.214. The second kappa shape index (κ2) is 5.46. The van der Waals surface area contributed by atoms with Gasteiger partial charge in [-0.3, -0.25) is 4.98 Å². The summed E-state index contributed by atoms with van der Waals surface area (Å²) in [5.41, 5.74) is 8.78. The van der Waals surface area contributed by atoms with Gasteiger partial charge in [0.15, 0.2) is 0 Å². The lowest BCUT2D eigenvalue weighted by Gasteiger charge is -2.13. The van der Waals surface area contributed by atoms with E-state index in [0.29, 0.717) is 17.0 Å². The average Bonchev–Trinajstić information content (AvgIpc) is 2.34. The van der Waals surface area contributed by atoms with Gasteiger partial charge in [-0.2, -0.15) is 0 Å². The van der Waals surface area contributed by atoms with Crippen molar-refractivity contribution >= 4 is 11.6 Å². The monoisotopic (exact) mass is 264 g/mol. The molecule has 0 amide bonds. The minimum atomic E-state index is -0.302. The van der Waals surface area contributed by atoms with E-state index in [4.69, 9.17) is 17.3 Å². The molecule has 1 aromatic heterocycles. The van der Waals surface area contributed by atoms with Crippen LogP contribution >= 0.6 is 11.6 Å². The summed E-state index contributed by atoms with van der Waals surface area (Å²) < 4.78 is 13.2. The highest BCUT2D eigenvalue weighted by Gasteiger charge is 2.11. The highest BCUT2D eigenvalue weighted by Crippen LogP contribution is 2.23. The SMILES string of the molecule is Cc1cncc(C(N)Cc2cc(F)ccc2Cl)c1. The van der Waals surface area contributed by atoms with Gasteiger partial charge in [-0.15, -0.1) is 0 Å². The number of hydrogen-bond acceptors (Lipinski definition) is 2. The fourth-order valence-electron chi connectivity index (χ4n) is 1.84. The van der Waals surface area contributed by atoms with E-state index in [-0.39, 0.29) is 11.9 Å². The van der Waals surface area contributed by atoms with Gasteiger partial charge >= 0.3 is 0 Å². The van der Waals surface area contributed by atoms with Crippen LogP contribution in [0, 0.1) is 12.7 Å². The van der Waals surface area contributed by atoms with Crippen molar-refractivity contribution in [1.29, 1.82) is 0 Å². The molecule has 2 N–H and O–H groups in total. The maximum Gasteiger partial charge on any atom is 0.123 e. The number of hydrogen-bond donors (Lipinski definition) is 1. The van der Waals surface area contributed by atoms with E-state index in [2.05, 4.69) is 4.98 Å². The Morgan fingerprint density at radius 1 is 1.33 bits per heavy atom. The van der Waals surface area contributed by atoms with Gasteiger partial charge in [-0.1, -0.05) is 17.7 Å². The summed E-state index contributed by atoms with van der Waals surface area (Å²) in [6, 6.07) is 6.05. The molecule has 1 unspecified atom stereocenters. The Morgan fingerprint density at radius 3 is 2.83 bits per heavy atom. The van der Waals surface area contributed by atoms with Crippen LogP contribution in [0.4, 0.5) is 4.39 Å². The summed E-state index contributed by atoms with van der Waals surface area (Å²) in [6.07, 6.45) is 3.98. The average molecular weight is 265 g/mol. The van der Waals surface area contributed by atoms with Crippen molar-refractivity contribution in [3.63, 3.8) is 0 Å². The van der Waals surface area contributed by atoms with E-state index in [9.17, 15) is 4.39 Å². The summed E-state index contributed by atoms with van der Waals surface area (Å²) in [5.74, 6) is -0.302. The largest absolute Gasteiger partial charge is 0.324 e. The molecule has 2 nitrogen and oxygen atoms in total. The summed E-state index contributed by atoms with van der Waals surface area (Å²) >= 11 is 6.02. The van der Waals surface area contributed by atoms with Crippen molar-refractivity contribution in [2.24, 2.45) is 5.73 Å². The Labute approximate surface area is 111 Å². The van der Waals surface area contributed by atoms with Crippen LogP contribution in [0.25, 0.3) is 0 Å². The number of aryl methyl sites for hydroxylation is 1. The molecule has 94 valence electrons. The predicted molar refractivity (Wildman–Crippen MR) is 71.0 cm³/mol. The molecule has 0 spiro atoms. The topological polar surface area (TPSA) is 38.9 Å². The van der Waals surface area contributed by atoms with Gasteiger partial charge in [0.2, 0.25) is 0 Å². The van der Waals surface area contributed by atoms with Crippen molar-refractivity contribution in [1.82, 2.24) is 4.98 Å². The molecule has 2 rings (SSSR count). The first kappa shape index (κ1) is 13.0. The molecule has 0 aliphatic carbocycles. The van der Waals surface area contributed by atoms with Crippen LogP contribution < -0.4 is 5.73 Å². The van der Waals surface area contributed by atoms with Gasteiger partial charge in [-0.05, 0) is 48.2 Å². The third-order valence-electron chi connectivity index (χ3n) is 2.77. The summed E-state index contributed by atoms with van der Waals surface area (Å²) in [5, 5.41) is 0.535. The van der Waals surface area contributed by atoms with Gasteiger partial charge < -0.3 is 5.73 Å². The summed E-state index contributed by atoms with van der Waals surface area (Å²) in [7, 11) is 0. The molecule has 18 heavy (non-hydrogen) atoms. The smallest absolute Gasteiger partial charge is 0.123 e. The second-order valence-corrected chi connectivity index (χ2v) is 4.75. The molecule has 2 aromatic rings. The second-order valence-electron chi connectivity index (χ2n) is 4.34. The van der Waals surface area contributed by atoms with E-state index in [1.807, 2.05) is 13.0 Å². The molecule has 0 radical (unpaired) electrons. The minimum Gasteiger partial charge on any atom is -0.324 e. The number of nitrogens with two attached hydrogens (primary N) is 1. The van der Waals surface area contributed by atoms with Crippen LogP contribution in [0.1, 0.15) is 22.7 Å². The molecule has 0 saturated heterocycles. The quantitative estimate of drug-likeness (QED) is 0.923. The number of nitrogens with zero attached hydrogens (tertiary/aromatic N) is 1. The third kappa shape index (κ3) is 3.06. The van der Waals surface area contributed by atoms with Crippen molar-refractivity contribution in [3.8, 4) is 0 Å². The Balaban J connectivity index is 2.21. The Bertz CT molecular complexity index is 557. The van der Waals surface area contributed by atoms with Crippen molar-refractivity contribution in [3.05, 3.63) is 64.2 Å². The number of pyridine rings is 1. The van der Waals surface area contributed by atoms with E-state index in [1.165, 1.54) is 12.1 Å². The maximum absolute atomic E-state index is 13.2. The Hall–Kier alpha value is -1.45. The first-order valence-electron chi connectivity index (χ1n) is 5.67. The van der Waals surface area contributed by atoms with Crippen molar-refractivity contribution in [2.45, 2.75) is 19.4 Å². The van der Waals surface area contributed by atoms with Crippen LogP contribution in [-0.2, 0) is 6.42 Å². The summed E-state index contributed by atoms with van der Waals surface area (Å²) in [4.78, 5) is 4.10. The standard InChI is InChI=1S/C14H14ClFN2/c1-9-4-11(8-18-7-9)14(17)6-10-5-12(16)2-3-13(10)15/h2-5,7-8,14H,6,17H2,1H3. The maximum atomic E-state index is 13.2. The van der Waals surface area contributed by atoms with Gasteiger partial charge in [-0.25, -0.2) is 4.39 Å². The molecular formula is C14H14ClFN2. The Morgan fingerprint density at radius 2 is 2.11 bits per heavy atom. The number of halogens is 2. The van der Waals surface area contributed by atoms with Gasteiger partial charge in [0, 0.05) is 23.5 Å². The van der Waals surface area contributed by atoms with Gasteiger partial charge in [0.25, 0.3) is 0 Å². The molecule has 4 heteroatoms. The molecule has 0 bridgehead atoms. The van der Waals surface area contributed by atoms with Crippen LogP contribution in [-0.4, -0.2) is 4.98 Å². The molecule has 0 aliphatic heterocycles. The van der Waals surface area contributed by atoms with Crippen molar-refractivity contribution < 1.29 is 4.39 Å². The molecule has 1 aromatic carbocycles. The highest BCUT2D eigenvalue weighted by molar-refractivity contribution is 6.31. The molecule has 1 atom stereocenters. The fourth-order valence-corrected chi connectivity index (χ4v) is 2.03. The Kier molecular flexibility index (Phi) is 3.94. The van der Waals surface area contributed by atoms with Crippen LogP contribution in [0.5, 0.6) is 0 Å². The third-order valence-corrected chi connectivity index (χ3v) is 3.14. The number of rotatable bonds is 3. The first-order chi connectivity index (χ1) is 8.56. The minimum absolute atomic E-state index is 0.239. The first-order valence-corrected chi connectivity index (χ1v) is 6.05. The highest BCUT2D eigenvalue weighted by atomic mass is 35.5. The van der Waals surface area contributed by atoms with Crippen LogP contribution in [0.2, 0.25) is 5.02 Å². The summed E-state index contributed by atoms with van der Waals surface area (Å²) in [6.45, 7) is 1.96. The normalized spacial score (nSPS) is 12.4. The van der Waals surface area contributed by atoms with E-state index < -0.39 is 0 Å². The number of aromatic nitrogens is 1. The zero-order valence-electron chi connectivity index (χ0n) is 10.0. The molecule has 1 heterocycles. The zero-order valence-corrected chi connectivity index (χ0v) is 10.8. The number of benzene rings is 1. The van der Waals surface area contributed by atoms with E-state index in [0.717, 1.165) is 11.1 Å². The lowest BCUT2D eigenvalue weighted by molar-refractivity contribution is 0.622. The van der Waals surface area contributed by atoms with Gasteiger partial charge in [0.05, 0.1) is 0 Å². The molecule has 0 saturated carbocycles. The predicted octanol–water partition coefficient (Wildman–Crippen LogP) is 3.43. The van der Waals surface area contributed by atoms with Gasteiger partial charge in [0.1, 0.15) is 5.82 Å². The van der Waals surface area contributed by atoms with Crippen molar-refractivity contribution in [2.75, 3.05) is 0 Å². The molecule has 0 aliphatic rings. The molecule has 0 fully saturated rings. The van der Waals surface area contributed by atoms with Crippen LogP contribution in [0.15, 0.2) is 36.7 Å². The lowest BCUT2D eigenvalue weighted by atomic mass is 10.00. The lowest BCUT2D eigenvalue weighted by Crippen LogP contribution is -2.14. The van der Waals surface area contributed by atoms with E-state index >= 15 is 0 Å². The van der Waals surface area contributed by atoms with Crippen LogP contribution in [0.3, 0.4) is 0 Å².